The predicted molar refractivity (Wildman–Crippen MR) is 75.0 cm³/mol. The summed E-state index contributed by atoms with van der Waals surface area (Å²) >= 11 is 0. The molecule has 0 aliphatic rings. The highest BCUT2D eigenvalue weighted by molar-refractivity contribution is 6.03. The molecule has 0 heterocycles. The second-order valence-corrected chi connectivity index (χ2v) is 4.89. The Bertz CT molecular complexity index is 747. The van der Waals surface area contributed by atoms with E-state index >= 15 is 0 Å². The minimum absolute atomic E-state index is 0.403. The van der Waals surface area contributed by atoms with Crippen LogP contribution in [0.4, 0.5) is 8.78 Å². The number of aryl methyl sites for hydroxylation is 2. The predicted octanol–water partition coefficient (Wildman–Crippen LogP) is 4.07. The van der Waals surface area contributed by atoms with Crippen LogP contribution in [-0.2, 0) is 0 Å². The monoisotopic (exact) mass is 285 g/mol. The van der Waals surface area contributed by atoms with Crippen LogP contribution in [0.15, 0.2) is 36.4 Å². The highest BCUT2D eigenvalue weighted by Crippen LogP contribution is 2.24. The molecular weight excluding hydrogens is 272 g/mol. The number of rotatable bonds is 3. The van der Waals surface area contributed by atoms with Gasteiger partial charge >= 0.3 is 0 Å². The van der Waals surface area contributed by atoms with Crippen molar-refractivity contribution < 1.29 is 13.6 Å². The summed E-state index contributed by atoms with van der Waals surface area (Å²) in [5.74, 6) is -3.43. The lowest BCUT2D eigenvalue weighted by molar-refractivity contribution is 0.0974. The van der Waals surface area contributed by atoms with Crippen molar-refractivity contribution in [2.24, 2.45) is 0 Å². The molecule has 0 saturated heterocycles. The van der Waals surface area contributed by atoms with E-state index in [0.717, 1.165) is 29.3 Å². The summed E-state index contributed by atoms with van der Waals surface area (Å²) in [6.07, 6.45) is 0. The lowest BCUT2D eigenvalue weighted by Crippen LogP contribution is -2.13. The smallest absolute Gasteiger partial charge is 0.187 e. The molecule has 0 N–H and O–H groups in total. The average molecular weight is 285 g/mol. The Labute approximate surface area is 121 Å². The third-order valence-corrected chi connectivity index (χ3v) is 3.45. The minimum atomic E-state index is -1.15. The Morgan fingerprint density at radius 1 is 1.10 bits per heavy atom. The molecule has 2 rings (SSSR count). The zero-order chi connectivity index (χ0) is 15.6. The van der Waals surface area contributed by atoms with Gasteiger partial charge in [0.15, 0.2) is 5.78 Å². The van der Waals surface area contributed by atoms with Crippen molar-refractivity contribution in [3.05, 3.63) is 70.3 Å². The third-order valence-electron chi connectivity index (χ3n) is 3.45. The minimum Gasteiger partial charge on any atom is -0.292 e. The molecule has 0 saturated carbocycles. The van der Waals surface area contributed by atoms with Crippen LogP contribution in [0.25, 0.3) is 0 Å². The number of nitriles is 1. The molecule has 2 aromatic carbocycles. The number of hydrogen-bond acceptors (Lipinski definition) is 2. The Morgan fingerprint density at radius 2 is 1.81 bits per heavy atom. The number of Topliss-reactive ketones (excluding diaryl/α,β-unsaturated/α-hetero) is 1. The van der Waals surface area contributed by atoms with E-state index in [2.05, 4.69) is 0 Å². The Balaban J connectivity index is 2.46. The zero-order valence-corrected chi connectivity index (χ0v) is 11.7. The highest BCUT2D eigenvalue weighted by Gasteiger charge is 2.25. The van der Waals surface area contributed by atoms with Crippen molar-refractivity contribution in [2.75, 3.05) is 0 Å². The lowest BCUT2D eigenvalue weighted by Gasteiger charge is -2.11. The maximum Gasteiger partial charge on any atom is 0.187 e. The number of halogens is 2. The van der Waals surface area contributed by atoms with Crippen molar-refractivity contribution >= 4 is 5.78 Å². The first-order valence-corrected chi connectivity index (χ1v) is 6.40. The fourth-order valence-corrected chi connectivity index (χ4v) is 2.07. The van der Waals surface area contributed by atoms with E-state index in [-0.39, 0.29) is 0 Å². The van der Waals surface area contributed by atoms with Crippen molar-refractivity contribution in [3.63, 3.8) is 0 Å². The molecule has 0 radical (unpaired) electrons. The van der Waals surface area contributed by atoms with E-state index < -0.39 is 28.9 Å². The molecule has 0 fully saturated rings. The molecule has 1 unspecified atom stereocenters. The maximum atomic E-state index is 13.7. The van der Waals surface area contributed by atoms with Crippen LogP contribution in [0.3, 0.4) is 0 Å². The van der Waals surface area contributed by atoms with Gasteiger partial charge in [-0.2, -0.15) is 5.26 Å². The lowest BCUT2D eigenvalue weighted by atomic mass is 9.90. The number of benzene rings is 2. The number of carbonyl (C=O) groups excluding carboxylic acids is 1. The van der Waals surface area contributed by atoms with Gasteiger partial charge in [0.25, 0.3) is 0 Å². The van der Waals surface area contributed by atoms with E-state index in [1.54, 1.807) is 18.2 Å². The van der Waals surface area contributed by atoms with Gasteiger partial charge in [0.05, 0.1) is 11.6 Å². The molecule has 0 aromatic heterocycles. The van der Waals surface area contributed by atoms with Crippen LogP contribution >= 0.6 is 0 Å². The van der Waals surface area contributed by atoms with Gasteiger partial charge in [-0.3, -0.25) is 4.79 Å². The summed E-state index contributed by atoms with van der Waals surface area (Å²) in [6.45, 7) is 3.77. The number of nitrogens with zero attached hydrogens (tertiary/aromatic N) is 1. The normalized spacial score (nSPS) is 11.8. The van der Waals surface area contributed by atoms with Gasteiger partial charge in [0.2, 0.25) is 0 Å². The van der Waals surface area contributed by atoms with Crippen molar-refractivity contribution in [1.82, 2.24) is 0 Å². The van der Waals surface area contributed by atoms with Crippen molar-refractivity contribution in [3.8, 4) is 6.07 Å². The molecule has 0 aliphatic carbocycles. The molecule has 2 nitrogen and oxygen atoms in total. The number of carbonyl (C=O) groups is 1. The van der Waals surface area contributed by atoms with E-state index in [0.29, 0.717) is 5.56 Å². The van der Waals surface area contributed by atoms with Gasteiger partial charge in [-0.1, -0.05) is 18.2 Å². The van der Waals surface area contributed by atoms with Crippen LogP contribution in [0.5, 0.6) is 0 Å². The second kappa shape index (κ2) is 5.84. The summed E-state index contributed by atoms with van der Waals surface area (Å²) in [5, 5.41) is 9.24. The number of ketones is 1. The molecule has 4 heteroatoms. The molecule has 2 aromatic rings. The quantitative estimate of drug-likeness (QED) is 0.797. The van der Waals surface area contributed by atoms with E-state index in [4.69, 9.17) is 0 Å². The summed E-state index contributed by atoms with van der Waals surface area (Å²) in [4.78, 5) is 12.3. The third kappa shape index (κ3) is 2.97. The first kappa shape index (κ1) is 14.9. The Hall–Kier alpha value is -2.54. The summed E-state index contributed by atoms with van der Waals surface area (Å²) < 4.78 is 26.9. The average Bonchev–Trinajstić information content (AvgIpc) is 2.46. The summed E-state index contributed by atoms with van der Waals surface area (Å²) in [5.41, 5.74) is 2.04. The van der Waals surface area contributed by atoms with Gasteiger partial charge < -0.3 is 0 Å². The van der Waals surface area contributed by atoms with E-state index in [1.807, 2.05) is 19.9 Å². The molecule has 21 heavy (non-hydrogen) atoms. The molecule has 0 spiro atoms. The van der Waals surface area contributed by atoms with Crippen LogP contribution in [0, 0.1) is 36.8 Å². The molecule has 0 aliphatic heterocycles. The van der Waals surface area contributed by atoms with Crippen molar-refractivity contribution in [1.29, 1.82) is 5.26 Å². The summed E-state index contributed by atoms with van der Waals surface area (Å²) in [6, 6.07) is 9.69. The fraction of sp³-hybridized carbons (Fsp3) is 0.176. The Kier molecular flexibility index (Phi) is 4.13. The number of hydrogen-bond donors (Lipinski definition) is 0. The van der Waals surface area contributed by atoms with Crippen molar-refractivity contribution in [2.45, 2.75) is 19.8 Å². The molecule has 0 bridgehead atoms. The molecule has 0 amide bonds. The molecule has 106 valence electrons. The van der Waals surface area contributed by atoms with Gasteiger partial charge in [-0.25, -0.2) is 8.78 Å². The van der Waals surface area contributed by atoms with Gasteiger partial charge in [0.1, 0.15) is 17.6 Å². The zero-order valence-electron chi connectivity index (χ0n) is 11.7. The van der Waals surface area contributed by atoms with Crippen LogP contribution < -0.4 is 0 Å². The standard InChI is InChI=1S/C17H13F2NO/c1-10-3-4-12(7-11(10)2)15(9-20)17(21)14-8-13(18)5-6-16(14)19/h3-8,15H,1-2H3. The first-order chi connectivity index (χ1) is 9.93. The highest BCUT2D eigenvalue weighted by atomic mass is 19.1. The largest absolute Gasteiger partial charge is 0.292 e. The van der Waals surface area contributed by atoms with E-state index in [9.17, 15) is 18.8 Å². The maximum absolute atomic E-state index is 13.7. The van der Waals surface area contributed by atoms with Crippen LogP contribution in [0.1, 0.15) is 33.0 Å². The van der Waals surface area contributed by atoms with Crippen LogP contribution in [-0.4, -0.2) is 5.78 Å². The van der Waals surface area contributed by atoms with Gasteiger partial charge in [0, 0.05) is 0 Å². The summed E-state index contributed by atoms with van der Waals surface area (Å²) in [7, 11) is 0. The van der Waals surface area contributed by atoms with Gasteiger partial charge in [-0.15, -0.1) is 0 Å². The first-order valence-electron chi connectivity index (χ1n) is 6.40. The van der Waals surface area contributed by atoms with E-state index in [1.165, 1.54) is 0 Å². The van der Waals surface area contributed by atoms with Gasteiger partial charge in [-0.05, 0) is 48.7 Å². The van der Waals surface area contributed by atoms with Crippen LogP contribution in [0.2, 0.25) is 0 Å². The Morgan fingerprint density at radius 3 is 2.43 bits per heavy atom. The SMILES string of the molecule is Cc1ccc(C(C#N)C(=O)c2cc(F)ccc2F)cc1C. The molecule has 1 atom stereocenters. The fourth-order valence-electron chi connectivity index (χ4n) is 2.07. The second-order valence-electron chi connectivity index (χ2n) is 4.89. The topological polar surface area (TPSA) is 40.9 Å². The molecular formula is C17H13F2NO.